The van der Waals surface area contributed by atoms with Gasteiger partial charge in [-0.2, -0.15) is 0 Å². The molecule has 0 aromatic rings. The number of rotatable bonds is 1. The summed E-state index contributed by atoms with van der Waals surface area (Å²) in [6, 6.07) is 0. The summed E-state index contributed by atoms with van der Waals surface area (Å²) in [5.41, 5.74) is -0.250. The zero-order valence-corrected chi connectivity index (χ0v) is 17.1. The second-order valence-electron chi connectivity index (χ2n) is 10.9. The highest BCUT2D eigenvalue weighted by Crippen LogP contribution is 2.69. The fraction of sp³-hybridized carbons (Fsp3) is 0.870. The Balaban J connectivity index is 1.51. The first-order valence-corrected chi connectivity index (χ1v) is 11.1. The summed E-state index contributed by atoms with van der Waals surface area (Å²) >= 11 is 0. The minimum atomic E-state index is -0.807. The van der Waals surface area contributed by atoms with E-state index < -0.39 is 17.1 Å². The number of esters is 1. The molecular formula is C23H34O5. The van der Waals surface area contributed by atoms with Crippen LogP contribution in [0, 0.1) is 34.5 Å². The third-order valence-corrected chi connectivity index (χ3v) is 9.89. The van der Waals surface area contributed by atoms with E-state index >= 15 is 0 Å². The average Bonchev–Trinajstić information content (AvgIpc) is 3.16. The van der Waals surface area contributed by atoms with Gasteiger partial charge in [0.1, 0.15) is 6.61 Å². The smallest absolute Gasteiger partial charge is 0.331 e. The second kappa shape index (κ2) is 6.05. The molecule has 4 saturated carbocycles. The van der Waals surface area contributed by atoms with Gasteiger partial charge >= 0.3 is 5.97 Å². The van der Waals surface area contributed by atoms with Crippen molar-refractivity contribution in [1.29, 1.82) is 0 Å². The zero-order valence-electron chi connectivity index (χ0n) is 17.1. The lowest BCUT2D eigenvalue weighted by atomic mass is 9.42. The summed E-state index contributed by atoms with van der Waals surface area (Å²) in [5.74, 6) is 0.420. The van der Waals surface area contributed by atoms with Crippen LogP contribution in [0.2, 0.25) is 0 Å². The Morgan fingerprint density at radius 1 is 1.11 bits per heavy atom. The molecule has 5 aliphatic rings. The van der Waals surface area contributed by atoms with Gasteiger partial charge in [-0.15, -0.1) is 0 Å². The van der Waals surface area contributed by atoms with Crippen molar-refractivity contribution >= 4 is 5.97 Å². The van der Waals surface area contributed by atoms with Gasteiger partial charge in [0.25, 0.3) is 0 Å². The maximum Gasteiger partial charge on any atom is 0.331 e. The third kappa shape index (κ3) is 2.33. The molecule has 0 aromatic carbocycles. The molecule has 5 heteroatoms. The third-order valence-electron chi connectivity index (χ3n) is 9.89. The van der Waals surface area contributed by atoms with Gasteiger partial charge in [0, 0.05) is 11.5 Å². The van der Waals surface area contributed by atoms with Crippen LogP contribution in [-0.4, -0.2) is 45.7 Å². The van der Waals surface area contributed by atoms with Gasteiger partial charge in [-0.1, -0.05) is 13.8 Å². The van der Waals surface area contributed by atoms with Crippen LogP contribution in [0.15, 0.2) is 11.6 Å². The van der Waals surface area contributed by atoms with E-state index in [9.17, 15) is 20.1 Å². The van der Waals surface area contributed by atoms with Gasteiger partial charge in [-0.05, 0) is 86.0 Å². The molecule has 0 amide bonds. The number of aliphatic hydroxyl groups excluding tert-OH is 2. The molecule has 0 unspecified atom stereocenters. The number of hydrogen-bond acceptors (Lipinski definition) is 5. The van der Waals surface area contributed by atoms with E-state index in [1.54, 1.807) is 6.08 Å². The first-order chi connectivity index (χ1) is 13.2. The molecular weight excluding hydrogens is 356 g/mol. The summed E-state index contributed by atoms with van der Waals surface area (Å²) in [6.07, 6.45) is 7.61. The molecule has 3 N–H and O–H groups in total. The van der Waals surface area contributed by atoms with Crippen LogP contribution in [0.3, 0.4) is 0 Å². The lowest BCUT2D eigenvalue weighted by Gasteiger charge is -2.65. The molecule has 0 bridgehead atoms. The fourth-order valence-corrected chi connectivity index (χ4v) is 8.49. The van der Waals surface area contributed by atoms with Gasteiger partial charge in [0.05, 0.1) is 17.8 Å². The van der Waals surface area contributed by atoms with Gasteiger partial charge in [-0.3, -0.25) is 0 Å². The lowest BCUT2D eigenvalue weighted by Crippen LogP contribution is -2.66. The normalized spacial score (nSPS) is 55.8. The quantitative estimate of drug-likeness (QED) is 0.599. The van der Waals surface area contributed by atoms with Crippen molar-refractivity contribution in [1.82, 2.24) is 0 Å². The lowest BCUT2D eigenvalue weighted by molar-refractivity contribution is -0.242. The molecule has 0 spiro atoms. The van der Waals surface area contributed by atoms with Crippen LogP contribution in [0.5, 0.6) is 0 Å². The monoisotopic (exact) mass is 390 g/mol. The summed E-state index contributed by atoms with van der Waals surface area (Å²) in [4.78, 5) is 11.6. The Morgan fingerprint density at radius 2 is 1.89 bits per heavy atom. The molecule has 4 aliphatic carbocycles. The summed E-state index contributed by atoms with van der Waals surface area (Å²) < 4.78 is 5.17. The predicted octanol–water partition coefficient (Wildman–Crippen LogP) is 2.58. The number of aliphatic hydroxyl groups is 3. The van der Waals surface area contributed by atoms with Crippen LogP contribution in [-0.2, 0) is 9.53 Å². The topological polar surface area (TPSA) is 87.0 Å². The van der Waals surface area contributed by atoms with Gasteiger partial charge in [0.15, 0.2) is 0 Å². The van der Waals surface area contributed by atoms with E-state index in [1.165, 1.54) is 0 Å². The number of carbonyl (C=O) groups is 1. The van der Waals surface area contributed by atoms with Crippen molar-refractivity contribution in [2.24, 2.45) is 34.5 Å². The van der Waals surface area contributed by atoms with Crippen LogP contribution in [0.1, 0.15) is 65.2 Å². The molecule has 156 valence electrons. The molecule has 1 heterocycles. The SMILES string of the molecule is C[C@]12CC[C@H](O)C[C@H]1CC[C@H]1[C@@H]2[C@H](O)C[C@]2(C)[C@@H](C3=CC(=O)OC3)CC[C@]12O. The van der Waals surface area contributed by atoms with Crippen molar-refractivity contribution in [3.8, 4) is 0 Å². The molecule has 9 atom stereocenters. The highest BCUT2D eigenvalue weighted by molar-refractivity contribution is 5.85. The first kappa shape index (κ1) is 19.1. The molecule has 4 fully saturated rings. The highest BCUT2D eigenvalue weighted by Gasteiger charge is 2.69. The van der Waals surface area contributed by atoms with E-state index in [-0.39, 0.29) is 35.2 Å². The zero-order chi connectivity index (χ0) is 19.9. The van der Waals surface area contributed by atoms with Crippen molar-refractivity contribution in [2.75, 3.05) is 6.61 Å². The van der Waals surface area contributed by atoms with Gasteiger partial charge in [0.2, 0.25) is 0 Å². The summed E-state index contributed by atoms with van der Waals surface area (Å²) in [7, 11) is 0. The van der Waals surface area contributed by atoms with Crippen LogP contribution < -0.4 is 0 Å². The van der Waals surface area contributed by atoms with Crippen LogP contribution >= 0.6 is 0 Å². The van der Waals surface area contributed by atoms with E-state index in [0.29, 0.717) is 18.9 Å². The fourth-order valence-electron chi connectivity index (χ4n) is 8.49. The Hall–Kier alpha value is -0.910. The van der Waals surface area contributed by atoms with Crippen molar-refractivity contribution in [3.05, 3.63) is 11.6 Å². The number of hydrogen-bond donors (Lipinski definition) is 3. The molecule has 5 nitrogen and oxygen atoms in total. The Morgan fingerprint density at radius 3 is 2.61 bits per heavy atom. The van der Waals surface area contributed by atoms with E-state index in [0.717, 1.165) is 50.5 Å². The minimum Gasteiger partial charge on any atom is -0.458 e. The first-order valence-electron chi connectivity index (χ1n) is 11.1. The Labute approximate surface area is 167 Å². The second-order valence-corrected chi connectivity index (χ2v) is 10.9. The standard InChI is InChI=1S/C23H34O5/c1-21-7-5-15(24)10-14(21)3-4-17-20(21)18(25)11-22(2)16(6-8-23(17,22)27)13-9-19(26)28-12-13/h9,14-18,20,24-25,27H,3-8,10-12H2,1-2H3/t14-,15+,16-,17+,18-,20-,21+,22-,23+/m1/s1. The number of ether oxygens (including phenoxy) is 1. The predicted molar refractivity (Wildman–Crippen MR) is 103 cm³/mol. The van der Waals surface area contributed by atoms with E-state index in [1.807, 2.05) is 0 Å². The number of carbonyl (C=O) groups excluding carboxylic acids is 1. The van der Waals surface area contributed by atoms with Crippen LogP contribution in [0.25, 0.3) is 0 Å². The Bertz CT molecular complexity index is 718. The minimum absolute atomic E-state index is 0.0115. The molecule has 0 radical (unpaired) electrons. The molecule has 1 aliphatic heterocycles. The Kier molecular flexibility index (Phi) is 4.12. The summed E-state index contributed by atoms with van der Waals surface area (Å²) in [6.45, 7) is 4.76. The van der Waals surface area contributed by atoms with Crippen LogP contribution in [0.4, 0.5) is 0 Å². The summed E-state index contributed by atoms with van der Waals surface area (Å²) in [5, 5.41) is 33.7. The molecule has 28 heavy (non-hydrogen) atoms. The van der Waals surface area contributed by atoms with Gasteiger partial charge in [-0.25, -0.2) is 4.79 Å². The molecule has 0 aromatic heterocycles. The van der Waals surface area contributed by atoms with E-state index in [2.05, 4.69) is 13.8 Å². The largest absolute Gasteiger partial charge is 0.458 e. The maximum atomic E-state index is 12.1. The number of cyclic esters (lactones) is 1. The highest BCUT2D eigenvalue weighted by atomic mass is 16.5. The maximum absolute atomic E-state index is 12.1. The van der Waals surface area contributed by atoms with Gasteiger partial charge < -0.3 is 20.1 Å². The van der Waals surface area contributed by atoms with Crippen molar-refractivity contribution in [2.45, 2.75) is 83.0 Å². The molecule has 5 rings (SSSR count). The molecule has 0 saturated heterocycles. The average molecular weight is 391 g/mol. The van der Waals surface area contributed by atoms with E-state index in [4.69, 9.17) is 4.74 Å². The number of fused-ring (bicyclic) bond motifs is 5. The van der Waals surface area contributed by atoms with Crippen molar-refractivity contribution in [3.63, 3.8) is 0 Å². The van der Waals surface area contributed by atoms with Crippen molar-refractivity contribution < 1.29 is 24.9 Å².